The lowest BCUT2D eigenvalue weighted by molar-refractivity contribution is 0.276. The van der Waals surface area contributed by atoms with Gasteiger partial charge in [-0.2, -0.15) is 0 Å². The maximum absolute atomic E-state index is 6.40. The van der Waals surface area contributed by atoms with Crippen molar-refractivity contribution < 1.29 is 4.43 Å². The van der Waals surface area contributed by atoms with Crippen molar-refractivity contribution in [3.63, 3.8) is 0 Å². The summed E-state index contributed by atoms with van der Waals surface area (Å²) in [7, 11) is -1.80. The van der Waals surface area contributed by atoms with Crippen molar-refractivity contribution in [2.24, 2.45) is 0 Å². The summed E-state index contributed by atoms with van der Waals surface area (Å²) >= 11 is 6.35. The van der Waals surface area contributed by atoms with Gasteiger partial charge >= 0.3 is 0 Å². The first-order chi connectivity index (χ1) is 15.1. The Kier molecular flexibility index (Phi) is 5.92. The Morgan fingerprint density at radius 1 is 1.03 bits per heavy atom. The van der Waals surface area contributed by atoms with E-state index in [4.69, 9.17) is 21.8 Å². The third kappa shape index (κ3) is 4.33. The highest BCUT2D eigenvalue weighted by Gasteiger charge is 2.37. The van der Waals surface area contributed by atoms with E-state index < -0.39 is 8.32 Å². The van der Waals surface area contributed by atoms with E-state index in [1.807, 2.05) is 30.3 Å². The number of rotatable bonds is 5. The van der Waals surface area contributed by atoms with Crippen molar-refractivity contribution in [3.05, 3.63) is 77.4 Å². The van der Waals surface area contributed by atoms with Crippen LogP contribution in [0.5, 0.6) is 0 Å². The van der Waals surface area contributed by atoms with Crippen LogP contribution in [0, 0.1) is 0 Å². The van der Waals surface area contributed by atoms with Crippen LogP contribution in [0.25, 0.3) is 27.8 Å². The molecule has 0 fully saturated rings. The Balaban J connectivity index is 1.74. The molecule has 0 bridgehead atoms. The van der Waals surface area contributed by atoms with Gasteiger partial charge in [-0.25, -0.2) is 4.98 Å². The van der Waals surface area contributed by atoms with Crippen molar-refractivity contribution in [2.45, 2.75) is 45.5 Å². The number of hydrogen-bond donors (Lipinski definition) is 1. The summed E-state index contributed by atoms with van der Waals surface area (Å²) in [5.41, 5.74) is 11.3. The summed E-state index contributed by atoms with van der Waals surface area (Å²) in [6.45, 7) is 12.0. The lowest BCUT2D eigenvalue weighted by Gasteiger charge is -2.36. The Labute approximate surface area is 196 Å². The van der Waals surface area contributed by atoms with Crippen molar-refractivity contribution in [1.82, 2.24) is 9.55 Å². The zero-order valence-electron chi connectivity index (χ0n) is 19.3. The number of benzene rings is 2. The van der Waals surface area contributed by atoms with E-state index in [1.54, 1.807) is 6.20 Å². The summed E-state index contributed by atoms with van der Waals surface area (Å²) in [6.07, 6.45) is 1.71. The quantitative estimate of drug-likeness (QED) is 0.312. The highest BCUT2D eigenvalue weighted by Crippen LogP contribution is 2.38. The Morgan fingerprint density at radius 3 is 2.41 bits per heavy atom. The molecule has 166 valence electrons. The molecule has 2 N–H and O–H groups in total. The highest BCUT2D eigenvalue weighted by atomic mass is 35.5. The molecule has 0 aliphatic heterocycles. The fourth-order valence-electron chi connectivity index (χ4n) is 3.51. The predicted molar refractivity (Wildman–Crippen MR) is 138 cm³/mol. The molecule has 2 aromatic heterocycles. The van der Waals surface area contributed by atoms with Gasteiger partial charge in [-0.15, -0.1) is 0 Å². The van der Waals surface area contributed by atoms with Gasteiger partial charge in [0.25, 0.3) is 0 Å². The standard InChI is InChI=1S/C26H30ClN3OSi/c1-26(2,3)32(4,5)31-17-18-8-12-21(13-9-18)30-23-16-20(27)11-10-19(23)15-24(30)22-7-6-14-29-25(22)28/h6-16H,17H2,1-5H3,(H2,28,29). The number of hydrogen-bond acceptors (Lipinski definition) is 3. The molecule has 0 saturated heterocycles. The number of pyridine rings is 1. The van der Waals surface area contributed by atoms with Crippen LogP contribution in [0.4, 0.5) is 5.82 Å². The van der Waals surface area contributed by atoms with Gasteiger partial charge in [0.2, 0.25) is 0 Å². The molecule has 0 saturated carbocycles. The van der Waals surface area contributed by atoms with E-state index in [2.05, 4.69) is 73.7 Å². The maximum atomic E-state index is 6.40. The molecule has 4 aromatic rings. The van der Waals surface area contributed by atoms with E-state index in [0.717, 1.165) is 33.4 Å². The fraction of sp³-hybridized carbons (Fsp3) is 0.269. The van der Waals surface area contributed by atoms with Crippen molar-refractivity contribution in [1.29, 1.82) is 0 Å². The van der Waals surface area contributed by atoms with Crippen molar-refractivity contribution in [3.8, 4) is 16.9 Å². The molecular formula is C26H30ClN3OSi. The minimum absolute atomic E-state index is 0.189. The van der Waals surface area contributed by atoms with E-state index in [9.17, 15) is 0 Å². The summed E-state index contributed by atoms with van der Waals surface area (Å²) in [6, 6.07) is 20.5. The molecule has 0 spiro atoms. The van der Waals surface area contributed by atoms with Crippen LogP contribution in [0.2, 0.25) is 23.2 Å². The monoisotopic (exact) mass is 463 g/mol. The van der Waals surface area contributed by atoms with Gasteiger partial charge < -0.3 is 14.7 Å². The maximum Gasteiger partial charge on any atom is 0.192 e. The number of nitrogens with two attached hydrogens (primary N) is 1. The second kappa shape index (κ2) is 8.39. The van der Waals surface area contributed by atoms with Gasteiger partial charge in [0.1, 0.15) is 5.82 Å². The summed E-state index contributed by atoms with van der Waals surface area (Å²) in [5, 5.41) is 1.98. The smallest absolute Gasteiger partial charge is 0.192 e. The first-order valence-electron chi connectivity index (χ1n) is 10.8. The van der Waals surface area contributed by atoms with Gasteiger partial charge in [-0.05, 0) is 66.2 Å². The molecular weight excluding hydrogens is 434 g/mol. The fourth-order valence-corrected chi connectivity index (χ4v) is 4.63. The highest BCUT2D eigenvalue weighted by molar-refractivity contribution is 6.74. The lowest BCUT2D eigenvalue weighted by atomic mass is 10.1. The van der Waals surface area contributed by atoms with Crippen LogP contribution in [0.1, 0.15) is 26.3 Å². The molecule has 0 amide bonds. The third-order valence-corrected chi connectivity index (χ3v) is 11.2. The van der Waals surface area contributed by atoms with Gasteiger partial charge in [0.05, 0.1) is 17.8 Å². The number of nitrogen functional groups attached to an aromatic ring is 1. The van der Waals surface area contributed by atoms with Crippen LogP contribution in [-0.4, -0.2) is 17.9 Å². The summed E-state index contributed by atoms with van der Waals surface area (Å²) in [5.74, 6) is 0.502. The summed E-state index contributed by atoms with van der Waals surface area (Å²) < 4.78 is 8.58. The molecule has 2 heterocycles. The number of fused-ring (bicyclic) bond motifs is 1. The summed E-state index contributed by atoms with van der Waals surface area (Å²) in [4.78, 5) is 4.28. The molecule has 2 aromatic carbocycles. The van der Waals surface area contributed by atoms with Crippen LogP contribution < -0.4 is 5.73 Å². The molecule has 4 nitrogen and oxygen atoms in total. The van der Waals surface area contributed by atoms with Crippen LogP contribution in [0.3, 0.4) is 0 Å². The van der Waals surface area contributed by atoms with E-state index in [0.29, 0.717) is 17.4 Å². The molecule has 0 unspecified atom stereocenters. The lowest BCUT2D eigenvalue weighted by Crippen LogP contribution is -2.40. The topological polar surface area (TPSA) is 53.1 Å². The largest absolute Gasteiger partial charge is 0.413 e. The van der Waals surface area contributed by atoms with E-state index >= 15 is 0 Å². The second-order valence-electron chi connectivity index (χ2n) is 9.72. The Hall–Kier alpha value is -2.60. The average Bonchev–Trinajstić information content (AvgIpc) is 3.10. The first kappa shape index (κ1) is 22.6. The number of aromatic nitrogens is 2. The first-order valence-corrected chi connectivity index (χ1v) is 14.1. The number of nitrogens with zero attached hydrogens (tertiary/aromatic N) is 2. The van der Waals surface area contributed by atoms with Gasteiger partial charge in [-0.3, -0.25) is 0 Å². The molecule has 0 atom stereocenters. The number of anilines is 1. The number of halogens is 1. The SMILES string of the molecule is CC(C)(C)[Si](C)(C)OCc1ccc(-n2c(-c3cccnc3N)cc3ccc(Cl)cc32)cc1. The molecule has 32 heavy (non-hydrogen) atoms. The predicted octanol–water partition coefficient (Wildman–Crippen LogP) is 7.45. The van der Waals surface area contributed by atoms with Crippen LogP contribution in [0.15, 0.2) is 66.9 Å². The molecule has 0 radical (unpaired) electrons. The molecule has 4 rings (SSSR count). The minimum Gasteiger partial charge on any atom is -0.413 e. The second-order valence-corrected chi connectivity index (χ2v) is 15.0. The zero-order chi connectivity index (χ0) is 23.1. The van der Waals surface area contributed by atoms with Gasteiger partial charge in [-0.1, -0.05) is 50.6 Å². The van der Waals surface area contributed by atoms with E-state index in [1.165, 1.54) is 0 Å². The van der Waals surface area contributed by atoms with Gasteiger partial charge in [0.15, 0.2) is 8.32 Å². The molecule has 6 heteroatoms. The van der Waals surface area contributed by atoms with Crippen molar-refractivity contribution >= 4 is 36.6 Å². The Morgan fingerprint density at radius 2 is 1.75 bits per heavy atom. The molecule has 0 aliphatic rings. The Bertz CT molecular complexity index is 1260. The average molecular weight is 464 g/mol. The van der Waals surface area contributed by atoms with Gasteiger partial charge in [0, 0.05) is 27.9 Å². The van der Waals surface area contributed by atoms with Crippen LogP contribution >= 0.6 is 11.6 Å². The van der Waals surface area contributed by atoms with Crippen LogP contribution in [-0.2, 0) is 11.0 Å². The third-order valence-electron chi connectivity index (χ3n) is 6.48. The van der Waals surface area contributed by atoms with E-state index in [-0.39, 0.29) is 5.04 Å². The molecule has 0 aliphatic carbocycles. The van der Waals surface area contributed by atoms with Crippen molar-refractivity contribution in [2.75, 3.05) is 5.73 Å². The zero-order valence-corrected chi connectivity index (χ0v) is 21.1. The minimum atomic E-state index is -1.80. The normalized spacial score (nSPS) is 12.4.